The van der Waals surface area contributed by atoms with Gasteiger partial charge in [0.2, 0.25) is 0 Å². The fraction of sp³-hybridized carbons (Fsp3) is 0.615. The lowest BCUT2D eigenvalue weighted by molar-refractivity contribution is 0.568. The Hall–Kier alpha value is -0.510. The maximum atomic E-state index is 6.23. The van der Waals surface area contributed by atoms with E-state index in [0.29, 0.717) is 16.1 Å². The van der Waals surface area contributed by atoms with Crippen molar-refractivity contribution in [3.8, 4) is 0 Å². The Kier molecular flexibility index (Phi) is 5.10. The predicted octanol–water partition coefficient (Wildman–Crippen LogP) is 3.36. The molecule has 0 aromatic carbocycles. The van der Waals surface area contributed by atoms with E-state index in [2.05, 4.69) is 22.1 Å². The molecule has 1 unspecified atom stereocenters. The molecule has 2 rings (SSSR count). The number of anilines is 1. The summed E-state index contributed by atoms with van der Waals surface area (Å²) >= 11 is 12.1. The number of hydrogen-bond donors (Lipinski definition) is 1. The molecule has 0 aliphatic carbocycles. The SMILES string of the molecule is CCCNCC1CCCN1c1ncc(Cl)cc1Cl. The first-order chi connectivity index (χ1) is 8.72. The molecule has 1 fully saturated rings. The molecule has 0 saturated carbocycles. The van der Waals surface area contributed by atoms with Crippen LogP contribution >= 0.6 is 23.2 Å². The van der Waals surface area contributed by atoms with Crippen LogP contribution in [0.25, 0.3) is 0 Å². The van der Waals surface area contributed by atoms with Crippen LogP contribution in [0.15, 0.2) is 12.3 Å². The highest BCUT2D eigenvalue weighted by Gasteiger charge is 2.26. The van der Waals surface area contributed by atoms with Crippen LogP contribution in [0.5, 0.6) is 0 Å². The fourth-order valence-electron chi connectivity index (χ4n) is 2.39. The lowest BCUT2D eigenvalue weighted by atomic mass is 10.2. The minimum absolute atomic E-state index is 0.489. The number of nitrogens with zero attached hydrogens (tertiary/aromatic N) is 2. The number of hydrogen-bond acceptors (Lipinski definition) is 3. The molecule has 0 amide bonds. The maximum absolute atomic E-state index is 6.23. The largest absolute Gasteiger partial charge is 0.351 e. The van der Waals surface area contributed by atoms with E-state index in [4.69, 9.17) is 23.2 Å². The summed E-state index contributed by atoms with van der Waals surface area (Å²) < 4.78 is 0. The van der Waals surface area contributed by atoms with Gasteiger partial charge in [-0.1, -0.05) is 30.1 Å². The van der Waals surface area contributed by atoms with Crippen LogP contribution in [-0.2, 0) is 0 Å². The molecule has 1 aliphatic heterocycles. The summed E-state index contributed by atoms with van der Waals surface area (Å²) in [5.41, 5.74) is 0. The number of nitrogens with one attached hydrogen (secondary N) is 1. The first-order valence-corrected chi connectivity index (χ1v) is 7.26. The van der Waals surface area contributed by atoms with Crippen LogP contribution in [0, 0.1) is 0 Å². The van der Waals surface area contributed by atoms with Gasteiger partial charge in [0.15, 0.2) is 0 Å². The van der Waals surface area contributed by atoms with E-state index in [9.17, 15) is 0 Å². The third-order valence-electron chi connectivity index (χ3n) is 3.24. The summed E-state index contributed by atoms with van der Waals surface area (Å²) in [6.45, 7) is 5.25. The number of halogens is 2. The Labute approximate surface area is 118 Å². The Bertz CT molecular complexity index is 398. The molecule has 1 saturated heterocycles. The van der Waals surface area contributed by atoms with Gasteiger partial charge in [0.1, 0.15) is 5.82 Å². The molecule has 3 nitrogen and oxygen atoms in total. The molecule has 1 aromatic heterocycles. The average molecular weight is 288 g/mol. The Balaban J connectivity index is 2.06. The van der Waals surface area contributed by atoms with Crippen molar-refractivity contribution in [2.45, 2.75) is 32.2 Å². The molecule has 1 aliphatic rings. The third-order valence-corrected chi connectivity index (χ3v) is 3.73. The average Bonchev–Trinajstić information content (AvgIpc) is 2.78. The second kappa shape index (κ2) is 6.60. The van der Waals surface area contributed by atoms with Gasteiger partial charge >= 0.3 is 0 Å². The smallest absolute Gasteiger partial charge is 0.147 e. The first kappa shape index (κ1) is 13.9. The Morgan fingerprint density at radius 3 is 3.06 bits per heavy atom. The standard InChI is InChI=1S/C13H19Cl2N3/c1-2-5-16-9-11-4-3-6-18(11)13-12(15)7-10(14)8-17-13/h7-8,11,16H,2-6,9H2,1H3. The molecule has 0 bridgehead atoms. The van der Waals surface area contributed by atoms with Gasteiger partial charge in [0, 0.05) is 25.3 Å². The highest BCUT2D eigenvalue weighted by atomic mass is 35.5. The zero-order valence-corrected chi connectivity index (χ0v) is 12.1. The molecule has 18 heavy (non-hydrogen) atoms. The quantitative estimate of drug-likeness (QED) is 0.842. The van der Waals surface area contributed by atoms with Crippen LogP contribution in [-0.4, -0.2) is 30.7 Å². The zero-order chi connectivity index (χ0) is 13.0. The molecule has 0 spiro atoms. The van der Waals surface area contributed by atoms with Crippen molar-refractivity contribution in [2.24, 2.45) is 0 Å². The lowest BCUT2D eigenvalue weighted by Crippen LogP contribution is -2.38. The van der Waals surface area contributed by atoms with Gasteiger partial charge in [-0.15, -0.1) is 0 Å². The minimum atomic E-state index is 0.489. The van der Waals surface area contributed by atoms with Crippen LogP contribution in [0.4, 0.5) is 5.82 Å². The number of pyridine rings is 1. The number of aromatic nitrogens is 1. The predicted molar refractivity (Wildman–Crippen MR) is 77.8 cm³/mol. The Morgan fingerprint density at radius 1 is 1.50 bits per heavy atom. The van der Waals surface area contributed by atoms with E-state index in [1.165, 1.54) is 12.8 Å². The van der Waals surface area contributed by atoms with Gasteiger partial charge in [0.05, 0.1) is 10.0 Å². The summed E-state index contributed by atoms with van der Waals surface area (Å²) in [5, 5.41) is 4.70. The third kappa shape index (κ3) is 3.28. The van der Waals surface area contributed by atoms with Gasteiger partial charge in [0.25, 0.3) is 0 Å². The van der Waals surface area contributed by atoms with Crippen molar-refractivity contribution >= 4 is 29.0 Å². The summed E-state index contributed by atoms with van der Waals surface area (Å²) in [6, 6.07) is 2.25. The monoisotopic (exact) mass is 287 g/mol. The van der Waals surface area contributed by atoms with Gasteiger partial charge < -0.3 is 10.2 Å². The Morgan fingerprint density at radius 2 is 2.33 bits per heavy atom. The fourth-order valence-corrected chi connectivity index (χ4v) is 2.88. The molecule has 1 atom stereocenters. The maximum Gasteiger partial charge on any atom is 0.147 e. The van der Waals surface area contributed by atoms with Gasteiger partial charge in [-0.05, 0) is 31.9 Å². The van der Waals surface area contributed by atoms with Crippen molar-refractivity contribution in [3.63, 3.8) is 0 Å². The summed E-state index contributed by atoms with van der Waals surface area (Å²) in [5.74, 6) is 0.863. The first-order valence-electron chi connectivity index (χ1n) is 6.50. The summed E-state index contributed by atoms with van der Waals surface area (Å²) in [6.07, 6.45) is 5.21. The molecular weight excluding hydrogens is 269 g/mol. The summed E-state index contributed by atoms with van der Waals surface area (Å²) in [4.78, 5) is 6.67. The van der Waals surface area contributed by atoms with Crippen LogP contribution in [0.3, 0.4) is 0 Å². The second-order valence-electron chi connectivity index (χ2n) is 4.65. The molecule has 1 N–H and O–H groups in total. The highest BCUT2D eigenvalue weighted by Crippen LogP contribution is 2.31. The van der Waals surface area contributed by atoms with Crippen molar-refractivity contribution in [1.82, 2.24) is 10.3 Å². The highest BCUT2D eigenvalue weighted by molar-refractivity contribution is 6.36. The van der Waals surface area contributed by atoms with Gasteiger partial charge in [-0.25, -0.2) is 4.98 Å². The van der Waals surface area contributed by atoms with Crippen LogP contribution in [0.1, 0.15) is 26.2 Å². The normalized spacial score (nSPS) is 19.5. The van der Waals surface area contributed by atoms with E-state index in [1.54, 1.807) is 12.3 Å². The van der Waals surface area contributed by atoms with Crippen LogP contribution < -0.4 is 10.2 Å². The summed E-state index contributed by atoms with van der Waals surface area (Å²) in [7, 11) is 0. The molecule has 0 radical (unpaired) electrons. The molecular formula is C13H19Cl2N3. The van der Waals surface area contributed by atoms with Gasteiger partial charge in [-0.2, -0.15) is 0 Å². The van der Waals surface area contributed by atoms with E-state index >= 15 is 0 Å². The second-order valence-corrected chi connectivity index (χ2v) is 5.50. The van der Waals surface area contributed by atoms with Gasteiger partial charge in [-0.3, -0.25) is 0 Å². The van der Waals surface area contributed by atoms with E-state index in [0.717, 1.165) is 31.9 Å². The van der Waals surface area contributed by atoms with Crippen molar-refractivity contribution < 1.29 is 0 Å². The lowest BCUT2D eigenvalue weighted by Gasteiger charge is -2.26. The zero-order valence-electron chi connectivity index (χ0n) is 10.6. The topological polar surface area (TPSA) is 28.2 Å². The van der Waals surface area contributed by atoms with Crippen LogP contribution in [0.2, 0.25) is 10.0 Å². The van der Waals surface area contributed by atoms with Crippen molar-refractivity contribution in [1.29, 1.82) is 0 Å². The van der Waals surface area contributed by atoms with Crippen molar-refractivity contribution in [2.75, 3.05) is 24.5 Å². The molecule has 5 heteroatoms. The van der Waals surface area contributed by atoms with E-state index in [1.807, 2.05) is 0 Å². The molecule has 1 aromatic rings. The van der Waals surface area contributed by atoms with E-state index in [-0.39, 0.29) is 0 Å². The number of rotatable bonds is 5. The molecule has 2 heterocycles. The minimum Gasteiger partial charge on any atom is -0.351 e. The van der Waals surface area contributed by atoms with Crippen molar-refractivity contribution in [3.05, 3.63) is 22.3 Å². The van der Waals surface area contributed by atoms with E-state index < -0.39 is 0 Å². The molecule has 100 valence electrons.